The van der Waals surface area contributed by atoms with Crippen molar-refractivity contribution >= 4 is 33.4 Å². The lowest BCUT2D eigenvalue weighted by Crippen LogP contribution is -2.19. The van der Waals surface area contributed by atoms with Crippen LogP contribution >= 0.6 is 0 Å². The number of ether oxygens (including phenoxy) is 1. The van der Waals surface area contributed by atoms with E-state index < -0.39 is 0 Å². The van der Waals surface area contributed by atoms with E-state index in [0.717, 1.165) is 16.7 Å². The van der Waals surface area contributed by atoms with Crippen LogP contribution in [0.5, 0.6) is 5.75 Å². The first-order chi connectivity index (χ1) is 16.1. The second-order valence-electron chi connectivity index (χ2n) is 7.56. The summed E-state index contributed by atoms with van der Waals surface area (Å²) in [4.78, 5) is 17.3. The van der Waals surface area contributed by atoms with Crippen LogP contribution < -0.4 is 10.1 Å². The summed E-state index contributed by atoms with van der Waals surface area (Å²) in [6.45, 7) is 2.48. The van der Waals surface area contributed by atoms with Crippen molar-refractivity contribution in [1.82, 2.24) is 14.8 Å². The van der Waals surface area contributed by atoms with Crippen molar-refractivity contribution in [2.45, 2.75) is 13.5 Å². The summed E-state index contributed by atoms with van der Waals surface area (Å²) in [6.07, 6.45) is 1.72. The molecule has 164 valence electrons. The number of hydrogen-bond acceptors (Lipinski definition) is 4. The molecule has 5 aromatic rings. The van der Waals surface area contributed by atoms with E-state index >= 15 is 0 Å². The number of rotatable bonds is 6. The zero-order chi connectivity index (χ0) is 22.8. The molecule has 0 aliphatic carbocycles. The second-order valence-corrected chi connectivity index (χ2v) is 7.56. The van der Waals surface area contributed by atoms with Gasteiger partial charge < -0.3 is 10.1 Å². The molecular formula is C26H21FN4O2. The minimum Gasteiger partial charge on any atom is -0.494 e. The summed E-state index contributed by atoms with van der Waals surface area (Å²) >= 11 is 0. The Hall–Kier alpha value is -4.26. The van der Waals surface area contributed by atoms with Crippen molar-refractivity contribution in [2.24, 2.45) is 0 Å². The first-order valence-electron chi connectivity index (χ1n) is 10.7. The highest BCUT2D eigenvalue weighted by molar-refractivity contribution is 6.08. The molecule has 3 aromatic carbocycles. The van der Waals surface area contributed by atoms with Crippen LogP contribution in [-0.4, -0.2) is 27.3 Å². The summed E-state index contributed by atoms with van der Waals surface area (Å²) in [6, 6.07) is 21.2. The fourth-order valence-corrected chi connectivity index (χ4v) is 3.89. The Kier molecular flexibility index (Phi) is 5.44. The van der Waals surface area contributed by atoms with Crippen LogP contribution in [0, 0.1) is 5.82 Å². The summed E-state index contributed by atoms with van der Waals surface area (Å²) < 4.78 is 21.3. The molecule has 0 aliphatic rings. The lowest BCUT2D eigenvalue weighted by atomic mass is 10.1. The van der Waals surface area contributed by atoms with Gasteiger partial charge in [0.1, 0.15) is 23.8 Å². The van der Waals surface area contributed by atoms with Gasteiger partial charge in [-0.25, -0.2) is 4.39 Å². The van der Waals surface area contributed by atoms with Crippen LogP contribution in [0.25, 0.3) is 33.1 Å². The van der Waals surface area contributed by atoms with Crippen molar-refractivity contribution in [2.75, 3.05) is 11.9 Å². The zero-order valence-electron chi connectivity index (χ0n) is 18.0. The number of carbonyl (C=O) groups is 1. The third-order valence-electron chi connectivity index (χ3n) is 5.33. The number of pyridine rings is 1. The number of fused-ring (bicyclic) bond motifs is 3. The molecule has 0 spiro atoms. The predicted octanol–water partition coefficient (Wildman–Crippen LogP) is 5.43. The van der Waals surface area contributed by atoms with Gasteiger partial charge in [-0.1, -0.05) is 18.2 Å². The SMILES string of the molecule is CCOc1ccc(-c2nn(CC(=O)Nc3ccccc3)c3c2cnc2ccc(F)cc23)cc1. The maximum absolute atomic E-state index is 14.1. The third kappa shape index (κ3) is 4.13. The number of hydrogen-bond donors (Lipinski definition) is 1. The Balaban J connectivity index is 1.62. The van der Waals surface area contributed by atoms with Gasteiger partial charge in [-0.05, 0) is 61.5 Å². The van der Waals surface area contributed by atoms with Gasteiger partial charge in [-0.15, -0.1) is 0 Å². The number of carbonyl (C=O) groups excluding carboxylic acids is 1. The number of nitrogens with zero attached hydrogens (tertiary/aromatic N) is 3. The molecule has 2 heterocycles. The molecule has 6 nitrogen and oxygen atoms in total. The van der Waals surface area contributed by atoms with E-state index in [-0.39, 0.29) is 18.3 Å². The Morgan fingerprint density at radius 1 is 1.03 bits per heavy atom. The summed E-state index contributed by atoms with van der Waals surface area (Å²) in [5.41, 5.74) is 3.50. The van der Waals surface area contributed by atoms with E-state index in [9.17, 15) is 9.18 Å². The summed E-state index contributed by atoms with van der Waals surface area (Å²) in [7, 11) is 0. The van der Waals surface area contributed by atoms with Gasteiger partial charge in [0, 0.05) is 28.2 Å². The van der Waals surface area contributed by atoms with Crippen LogP contribution in [0.4, 0.5) is 10.1 Å². The molecule has 2 aromatic heterocycles. The van der Waals surface area contributed by atoms with Crippen LogP contribution in [-0.2, 0) is 11.3 Å². The average Bonchev–Trinajstić information content (AvgIpc) is 3.19. The van der Waals surface area contributed by atoms with Crippen LogP contribution in [0.2, 0.25) is 0 Å². The number of nitrogens with one attached hydrogen (secondary N) is 1. The fraction of sp³-hybridized carbons (Fsp3) is 0.115. The van der Waals surface area contributed by atoms with Gasteiger partial charge in [-0.3, -0.25) is 14.5 Å². The maximum Gasteiger partial charge on any atom is 0.246 e. The first kappa shape index (κ1) is 20.6. The van der Waals surface area contributed by atoms with E-state index in [2.05, 4.69) is 10.3 Å². The van der Waals surface area contributed by atoms with Crippen molar-refractivity contribution in [3.8, 4) is 17.0 Å². The van der Waals surface area contributed by atoms with Gasteiger partial charge >= 0.3 is 0 Å². The van der Waals surface area contributed by atoms with Gasteiger partial charge in [0.25, 0.3) is 0 Å². The molecule has 0 saturated carbocycles. The number of halogens is 1. The van der Waals surface area contributed by atoms with Crippen LogP contribution in [0.15, 0.2) is 79.0 Å². The molecule has 7 heteroatoms. The van der Waals surface area contributed by atoms with Gasteiger partial charge in [0.05, 0.1) is 17.6 Å². The number of aromatic nitrogens is 3. The summed E-state index contributed by atoms with van der Waals surface area (Å²) in [5, 5.41) is 8.97. The Morgan fingerprint density at radius 3 is 2.58 bits per heavy atom. The predicted molar refractivity (Wildman–Crippen MR) is 127 cm³/mol. The lowest BCUT2D eigenvalue weighted by molar-refractivity contribution is -0.116. The molecule has 5 rings (SSSR count). The number of amides is 1. The van der Waals surface area contributed by atoms with Crippen molar-refractivity contribution in [3.05, 3.63) is 84.8 Å². The second kappa shape index (κ2) is 8.70. The summed E-state index contributed by atoms with van der Waals surface area (Å²) in [5.74, 6) is 0.156. The first-order valence-corrected chi connectivity index (χ1v) is 10.7. The highest BCUT2D eigenvalue weighted by Gasteiger charge is 2.18. The zero-order valence-corrected chi connectivity index (χ0v) is 18.0. The maximum atomic E-state index is 14.1. The Labute approximate surface area is 189 Å². The standard InChI is InChI=1S/C26H21FN4O2/c1-2-33-20-11-8-17(9-12-20)25-22-15-28-23-13-10-18(27)14-21(23)26(22)31(30-25)16-24(32)29-19-6-4-3-5-7-19/h3-15H,2,16H2,1H3,(H,29,32). The normalized spacial score (nSPS) is 11.1. The number of anilines is 1. The minimum absolute atomic E-state index is 0.0297. The van der Waals surface area contributed by atoms with Crippen LogP contribution in [0.1, 0.15) is 6.92 Å². The Bertz CT molecular complexity index is 1450. The van der Waals surface area contributed by atoms with Crippen molar-refractivity contribution in [1.29, 1.82) is 0 Å². The quantitative estimate of drug-likeness (QED) is 0.382. The smallest absolute Gasteiger partial charge is 0.246 e. The molecule has 0 saturated heterocycles. The van der Waals surface area contributed by atoms with Crippen LogP contribution in [0.3, 0.4) is 0 Å². The molecule has 33 heavy (non-hydrogen) atoms. The van der Waals surface area contributed by atoms with E-state index in [1.165, 1.54) is 12.1 Å². The number of benzene rings is 3. The van der Waals surface area contributed by atoms with Crippen molar-refractivity contribution in [3.63, 3.8) is 0 Å². The van der Waals surface area contributed by atoms with E-state index in [4.69, 9.17) is 9.84 Å². The Morgan fingerprint density at radius 2 is 1.82 bits per heavy atom. The molecule has 0 radical (unpaired) electrons. The topological polar surface area (TPSA) is 69.0 Å². The van der Waals surface area contributed by atoms with E-state index in [1.54, 1.807) is 16.9 Å². The van der Waals surface area contributed by atoms with Gasteiger partial charge in [-0.2, -0.15) is 5.10 Å². The third-order valence-corrected chi connectivity index (χ3v) is 5.33. The van der Waals surface area contributed by atoms with Gasteiger partial charge in [0.2, 0.25) is 5.91 Å². The monoisotopic (exact) mass is 440 g/mol. The molecule has 0 atom stereocenters. The molecule has 0 aliphatic heterocycles. The largest absolute Gasteiger partial charge is 0.494 e. The molecule has 1 N–H and O–H groups in total. The molecule has 1 amide bonds. The van der Waals surface area contributed by atoms with E-state index in [0.29, 0.717) is 34.4 Å². The lowest BCUT2D eigenvalue weighted by Gasteiger charge is -2.07. The minimum atomic E-state index is -0.374. The molecule has 0 unspecified atom stereocenters. The van der Waals surface area contributed by atoms with Crippen molar-refractivity contribution < 1.29 is 13.9 Å². The molecule has 0 bridgehead atoms. The fourth-order valence-electron chi connectivity index (χ4n) is 3.89. The number of para-hydroxylation sites is 1. The molecule has 0 fully saturated rings. The molecular weight excluding hydrogens is 419 g/mol. The average molecular weight is 440 g/mol. The van der Waals surface area contributed by atoms with E-state index in [1.807, 2.05) is 61.5 Å². The highest BCUT2D eigenvalue weighted by Crippen LogP contribution is 2.33. The van der Waals surface area contributed by atoms with Gasteiger partial charge in [0.15, 0.2) is 0 Å². The highest BCUT2D eigenvalue weighted by atomic mass is 19.1.